The van der Waals surface area contributed by atoms with E-state index >= 15 is 0 Å². The molecule has 0 aliphatic heterocycles. The number of rotatable bonds is 1. The molecule has 0 aliphatic rings. The summed E-state index contributed by atoms with van der Waals surface area (Å²) in [4.78, 5) is 22.3. The molecule has 2 rings (SSSR count). The van der Waals surface area contributed by atoms with Gasteiger partial charge in [0.25, 0.3) is 0 Å². The van der Waals surface area contributed by atoms with Crippen LogP contribution < -0.4 is 5.43 Å². The molecule has 0 unspecified atom stereocenters. The summed E-state index contributed by atoms with van der Waals surface area (Å²) in [5, 5.41) is 0.423. The van der Waals surface area contributed by atoms with Crippen LogP contribution in [0.1, 0.15) is 15.9 Å². The summed E-state index contributed by atoms with van der Waals surface area (Å²) in [5.74, 6) is 0. The van der Waals surface area contributed by atoms with Gasteiger partial charge in [-0.15, -0.1) is 0 Å². The zero-order valence-corrected chi connectivity index (χ0v) is 9.50. The molecule has 0 bridgehead atoms. The van der Waals surface area contributed by atoms with Crippen molar-refractivity contribution in [3.8, 4) is 0 Å². The fourth-order valence-corrected chi connectivity index (χ4v) is 2.04. The number of benzene rings is 1. The van der Waals surface area contributed by atoms with Gasteiger partial charge in [0.15, 0.2) is 6.29 Å². The maximum absolute atomic E-state index is 11.8. The van der Waals surface area contributed by atoms with Gasteiger partial charge in [0.1, 0.15) is 11.8 Å². The molecule has 0 saturated carbocycles. The third-order valence-corrected chi connectivity index (χ3v) is 2.63. The normalized spacial score (nSPS) is 10.5. The van der Waals surface area contributed by atoms with Gasteiger partial charge in [0.2, 0.25) is 5.43 Å². The van der Waals surface area contributed by atoms with Gasteiger partial charge in [-0.2, -0.15) is 0 Å². The molecule has 0 amide bonds. The molecule has 1 aromatic carbocycles. The Morgan fingerprint density at radius 2 is 2.13 bits per heavy atom. The van der Waals surface area contributed by atoms with Crippen molar-refractivity contribution in [2.45, 2.75) is 6.92 Å². The number of hydrogen-bond donors (Lipinski definition) is 0. The van der Waals surface area contributed by atoms with Crippen LogP contribution in [0.2, 0.25) is 0 Å². The molecule has 0 saturated heterocycles. The van der Waals surface area contributed by atoms with Gasteiger partial charge in [-0.25, -0.2) is 0 Å². The second-order valence-corrected chi connectivity index (χ2v) is 4.15. The van der Waals surface area contributed by atoms with Gasteiger partial charge in [0, 0.05) is 4.47 Å². The first-order chi connectivity index (χ1) is 7.13. The second kappa shape index (κ2) is 3.62. The molecule has 4 heteroatoms. The number of halogens is 1. The highest BCUT2D eigenvalue weighted by Crippen LogP contribution is 2.21. The smallest absolute Gasteiger partial charge is 0.203 e. The molecule has 0 aliphatic carbocycles. The van der Waals surface area contributed by atoms with Crippen LogP contribution in [-0.4, -0.2) is 6.29 Å². The number of fused-ring (bicyclic) bond motifs is 1. The first-order valence-corrected chi connectivity index (χ1v) is 5.09. The Morgan fingerprint density at radius 3 is 2.80 bits per heavy atom. The Morgan fingerprint density at radius 1 is 1.40 bits per heavy atom. The molecule has 0 N–H and O–H groups in total. The third-order valence-electron chi connectivity index (χ3n) is 2.18. The Kier molecular flexibility index (Phi) is 2.44. The maximum Gasteiger partial charge on any atom is 0.203 e. The van der Waals surface area contributed by atoms with Crippen molar-refractivity contribution >= 4 is 33.2 Å². The Hall–Kier alpha value is -1.42. The largest absolute Gasteiger partial charge is 0.463 e. The van der Waals surface area contributed by atoms with E-state index in [1.165, 1.54) is 6.26 Å². The molecule has 0 spiro atoms. The topological polar surface area (TPSA) is 47.3 Å². The first kappa shape index (κ1) is 10.1. The van der Waals surface area contributed by atoms with E-state index in [4.69, 9.17) is 4.42 Å². The lowest BCUT2D eigenvalue weighted by Crippen LogP contribution is -2.07. The lowest BCUT2D eigenvalue weighted by Gasteiger charge is -2.01. The van der Waals surface area contributed by atoms with Gasteiger partial charge in [-0.05, 0) is 24.6 Å². The third kappa shape index (κ3) is 1.61. The average molecular weight is 267 g/mol. The zero-order valence-electron chi connectivity index (χ0n) is 7.91. The standard InChI is InChI=1S/C11H7BrO3/c1-6-2-8(12)3-9-10(14)7(4-13)5-15-11(6)9/h2-5H,1H3. The quantitative estimate of drug-likeness (QED) is 0.746. The Bertz CT molecular complexity index is 599. The van der Waals surface area contributed by atoms with Gasteiger partial charge < -0.3 is 4.42 Å². The van der Waals surface area contributed by atoms with Gasteiger partial charge in [-0.3, -0.25) is 9.59 Å². The van der Waals surface area contributed by atoms with E-state index in [-0.39, 0.29) is 11.0 Å². The van der Waals surface area contributed by atoms with E-state index in [1.54, 1.807) is 6.07 Å². The molecule has 0 radical (unpaired) electrons. The van der Waals surface area contributed by atoms with Crippen molar-refractivity contribution in [2.24, 2.45) is 0 Å². The summed E-state index contributed by atoms with van der Waals surface area (Å²) in [5.41, 5.74) is 1.12. The minimum Gasteiger partial charge on any atom is -0.463 e. The van der Waals surface area contributed by atoms with Crippen LogP contribution in [-0.2, 0) is 0 Å². The predicted octanol–water partition coefficient (Wildman–Crippen LogP) is 2.68. The highest BCUT2D eigenvalue weighted by atomic mass is 79.9. The van der Waals surface area contributed by atoms with Crippen LogP contribution in [0.3, 0.4) is 0 Å². The monoisotopic (exact) mass is 266 g/mol. The fourth-order valence-electron chi connectivity index (χ4n) is 1.47. The molecule has 0 fully saturated rings. The number of hydrogen-bond acceptors (Lipinski definition) is 3. The molecule has 2 aromatic rings. The van der Waals surface area contributed by atoms with Crippen molar-refractivity contribution in [1.29, 1.82) is 0 Å². The summed E-state index contributed by atoms with van der Waals surface area (Å²) in [6.07, 6.45) is 1.69. The SMILES string of the molecule is Cc1cc(Br)cc2c(=O)c(C=O)coc12. The van der Waals surface area contributed by atoms with Gasteiger partial charge in [0.05, 0.1) is 10.9 Å². The summed E-state index contributed by atoms with van der Waals surface area (Å²) in [6, 6.07) is 3.51. The number of aldehydes is 1. The lowest BCUT2D eigenvalue weighted by atomic mass is 10.1. The van der Waals surface area contributed by atoms with Crippen molar-refractivity contribution in [3.63, 3.8) is 0 Å². The van der Waals surface area contributed by atoms with Crippen LogP contribution >= 0.6 is 15.9 Å². The van der Waals surface area contributed by atoms with Gasteiger partial charge >= 0.3 is 0 Å². The molecule has 15 heavy (non-hydrogen) atoms. The fraction of sp³-hybridized carbons (Fsp3) is 0.0909. The van der Waals surface area contributed by atoms with Crippen molar-refractivity contribution in [1.82, 2.24) is 0 Å². The van der Waals surface area contributed by atoms with E-state index < -0.39 is 0 Å². The highest BCUT2D eigenvalue weighted by Gasteiger charge is 2.08. The van der Waals surface area contributed by atoms with Crippen LogP contribution in [0.5, 0.6) is 0 Å². The maximum atomic E-state index is 11.8. The average Bonchev–Trinajstić information content (AvgIpc) is 2.19. The Labute approximate surface area is 93.8 Å². The van der Waals surface area contributed by atoms with Crippen LogP contribution in [0.25, 0.3) is 11.0 Å². The summed E-state index contributed by atoms with van der Waals surface area (Å²) in [7, 11) is 0. The molecule has 0 atom stereocenters. The Balaban J connectivity index is 2.99. The molecular weight excluding hydrogens is 260 g/mol. The van der Waals surface area contributed by atoms with Crippen LogP contribution in [0.15, 0.2) is 32.1 Å². The van der Waals surface area contributed by atoms with E-state index in [1.807, 2.05) is 13.0 Å². The number of aryl methyl sites for hydroxylation is 1. The van der Waals surface area contributed by atoms with E-state index in [0.717, 1.165) is 10.0 Å². The van der Waals surface area contributed by atoms with E-state index in [0.29, 0.717) is 17.3 Å². The number of carbonyl (C=O) groups excluding carboxylic acids is 1. The molecule has 1 heterocycles. The lowest BCUT2D eigenvalue weighted by molar-refractivity contribution is 0.112. The molecule has 3 nitrogen and oxygen atoms in total. The minimum absolute atomic E-state index is 0.0417. The summed E-state index contributed by atoms with van der Waals surface area (Å²) >= 11 is 3.29. The summed E-state index contributed by atoms with van der Waals surface area (Å²) in [6.45, 7) is 1.84. The molecular formula is C11H7BrO3. The highest BCUT2D eigenvalue weighted by molar-refractivity contribution is 9.10. The van der Waals surface area contributed by atoms with Crippen LogP contribution in [0, 0.1) is 6.92 Å². The van der Waals surface area contributed by atoms with E-state index in [9.17, 15) is 9.59 Å². The second-order valence-electron chi connectivity index (χ2n) is 3.24. The zero-order chi connectivity index (χ0) is 11.0. The summed E-state index contributed by atoms with van der Waals surface area (Å²) < 4.78 is 6.04. The van der Waals surface area contributed by atoms with Crippen molar-refractivity contribution in [2.75, 3.05) is 0 Å². The van der Waals surface area contributed by atoms with E-state index in [2.05, 4.69) is 15.9 Å². The first-order valence-electron chi connectivity index (χ1n) is 4.30. The van der Waals surface area contributed by atoms with Gasteiger partial charge in [-0.1, -0.05) is 15.9 Å². The molecule has 1 aromatic heterocycles. The van der Waals surface area contributed by atoms with Crippen molar-refractivity contribution < 1.29 is 9.21 Å². The molecule has 76 valence electrons. The minimum atomic E-state index is -0.296. The predicted molar refractivity (Wildman–Crippen MR) is 60.3 cm³/mol. The number of carbonyl (C=O) groups is 1. The van der Waals surface area contributed by atoms with Crippen molar-refractivity contribution in [3.05, 3.63) is 44.2 Å². The van der Waals surface area contributed by atoms with Crippen LogP contribution in [0.4, 0.5) is 0 Å².